The second kappa shape index (κ2) is 12.2. The van der Waals surface area contributed by atoms with Crippen LogP contribution in [0, 0.1) is 11.3 Å². The van der Waals surface area contributed by atoms with Crippen molar-refractivity contribution in [2.45, 2.75) is 44.6 Å². The number of carboxylic acid groups (broad SMARTS) is 1. The Labute approximate surface area is 217 Å². The van der Waals surface area contributed by atoms with E-state index in [0.29, 0.717) is 5.02 Å². The Bertz CT molecular complexity index is 1190. The van der Waals surface area contributed by atoms with E-state index in [0.717, 1.165) is 10.5 Å². The molecule has 36 heavy (non-hydrogen) atoms. The molecule has 0 fully saturated rings. The van der Waals surface area contributed by atoms with Gasteiger partial charge in [-0.05, 0) is 41.7 Å². The number of carboxylic acids is 1. The number of carbonyl (C=O) groups excluding carboxylic acids is 2. The van der Waals surface area contributed by atoms with Gasteiger partial charge in [-0.25, -0.2) is 17.9 Å². The predicted molar refractivity (Wildman–Crippen MR) is 138 cm³/mol. The highest BCUT2D eigenvalue weighted by atomic mass is 35.5. The number of sulfonamides is 1. The topological polar surface area (TPSA) is 121 Å². The highest BCUT2D eigenvalue weighted by Crippen LogP contribution is 2.27. The van der Waals surface area contributed by atoms with Crippen LogP contribution in [-0.2, 0) is 30.8 Å². The summed E-state index contributed by atoms with van der Waals surface area (Å²) in [6.07, 6.45) is 1.30. The molecule has 0 radical (unpaired) electrons. The van der Waals surface area contributed by atoms with E-state index in [1.165, 1.54) is 30.3 Å². The van der Waals surface area contributed by atoms with E-state index in [1.807, 2.05) is 0 Å². The van der Waals surface area contributed by atoms with E-state index in [4.69, 9.17) is 11.6 Å². The summed E-state index contributed by atoms with van der Waals surface area (Å²) in [7, 11) is -4.24. The summed E-state index contributed by atoms with van der Waals surface area (Å²) in [5, 5.41) is 10.3. The number of carbonyl (C=O) groups is 3. The average molecular weight is 535 g/mol. The number of rotatable bonds is 11. The third kappa shape index (κ3) is 7.93. The molecule has 10 heteroatoms. The van der Waals surface area contributed by atoms with Gasteiger partial charge in [-0.3, -0.25) is 9.59 Å². The molecule has 0 saturated carbocycles. The molecule has 0 aliphatic carbocycles. The minimum atomic E-state index is -4.24. The SMILES string of the molecule is C=CCC(=O)N(CC(Cc1ccccc1)C(=O)NS(=O)(=O)c1ccc(Cl)cc1)C(C(=O)O)C(C)(C)C. The van der Waals surface area contributed by atoms with E-state index in [2.05, 4.69) is 11.3 Å². The van der Waals surface area contributed by atoms with Crippen molar-refractivity contribution in [3.8, 4) is 0 Å². The van der Waals surface area contributed by atoms with Gasteiger partial charge in [0, 0.05) is 18.0 Å². The summed E-state index contributed by atoms with van der Waals surface area (Å²) in [4.78, 5) is 39.5. The molecule has 0 heterocycles. The molecule has 194 valence electrons. The molecule has 2 atom stereocenters. The molecule has 2 aromatic rings. The van der Waals surface area contributed by atoms with Gasteiger partial charge < -0.3 is 10.0 Å². The zero-order valence-corrected chi connectivity index (χ0v) is 22.1. The number of halogens is 1. The van der Waals surface area contributed by atoms with Gasteiger partial charge in [0.05, 0.1) is 10.8 Å². The number of nitrogens with one attached hydrogen (secondary N) is 1. The fraction of sp³-hybridized carbons (Fsp3) is 0.346. The maximum atomic E-state index is 13.3. The Morgan fingerprint density at radius 3 is 2.17 bits per heavy atom. The van der Waals surface area contributed by atoms with Crippen molar-refractivity contribution < 1.29 is 27.9 Å². The van der Waals surface area contributed by atoms with Crippen molar-refractivity contribution >= 4 is 39.4 Å². The van der Waals surface area contributed by atoms with Crippen molar-refractivity contribution in [2.75, 3.05) is 6.54 Å². The second-order valence-electron chi connectivity index (χ2n) is 9.46. The van der Waals surface area contributed by atoms with Crippen molar-refractivity contribution in [3.05, 3.63) is 77.8 Å². The molecule has 0 saturated heterocycles. The molecule has 2 rings (SSSR count). The van der Waals surface area contributed by atoms with Gasteiger partial charge in [-0.2, -0.15) is 0 Å². The van der Waals surface area contributed by atoms with Crippen molar-refractivity contribution in [2.24, 2.45) is 11.3 Å². The smallest absolute Gasteiger partial charge is 0.326 e. The monoisotopic (exact) mass is 534 g/mol. The quantitative estimate of drug-likeness (QED) is 0.422. The first-order chi connectivity index (χ1) is 16.8. The first kappa shape index (κ1) is 29.1. The van der Waals surface area contributed by atoms with E-state index < -0.39 is 45.2 Å². The summed E-state index contributed by atoms with van der Waals surface area (Å²) < 4.78 is 27.8. The Hall–Kier alpha value is -3.17. The largest absolute Gasteiger partial charge is 0.480 e. The Morgan fingerprint density at radius 2 is 1.67 bits per heavy atom. The zero-order chi connectivity index (χ0) is 27.1. The average Bonchev–Trinajstić information content (AvgIpc) is 2.77. The molecule has 2 aromatic carbocycles. The van der Waals surface area contributed by atoms with Gasteiger partial charge in [0.15, 0.2) is 0 Å². The van der Waals surface area contributed by atoms with Crippen LogP contribution in [0.15, 0.2) is 72.1 Å². The van der Waals surface area contributed by atoms with Gasteiger partial charge in [0.25, 0.3) is 10.0 Å². The molecule has 0 bridgehead atoms. The summed E-state index contributed by atoms with van der Waals surface area (Å²) >= 11 is 5.84. The van der Waals surface area contributed by atoms with Crippen LogP contribution in [0.5, 0.6) is 0 Å². The highest BCUT2D eigenvalue weighted by molar-refractivity contribution is 7.90. The number of hydrogen-bond donors (Lipinski definition) is 2. The van der Waals surface area contributed by atoms with Crippen LogP contribution in [-0.4, -0.2) is 48.8 Å². The first-order valence-electron chi connectivity index (χ1n) is 11.3. The summed E-state index contributed by atoms with van der Waals surface area (Å²) in [5.74, 6) is -3.68. The predicted octanol–water partition coefficient (Wildman–Crippen LogP) is 3.91. The molecular weight excluding hydrogens is 504 g/mol. The molecule has 0 aliphatic rings. The number of nitrogens with zero attached hydrogens (tertiary/aromatic N) is 1. The van der Waals surface area contributed by atoms with Crippen LogP contribution in [0.4, 0.5) is 0 Å². The standard InChI is InChI=1S/C26H31ClN2O6S/c1-5-9-22(30)29(23(25(32)33)26(2,3)4)17-19(16-18-10-7-6-8-11-18)24(31)28-36(34,35)21-14-12-20(27)13-15-21/h5-8,10-15,19,23H,1,9,16-17H2,2-4H3,(H,28,31)(H,32,33). The Balaban J connectivity index is 2.47. The zero-order valence-electron chi connectivity index (χ0n) is 20.5. The Kier molecular flexibility index (Phi) is 9.84. The van der Waals surface area contributed by atoms with Crippen LogP contribution >= 0.6 is 11.6 Å². The van der Waals surface area contributed by atoms with Crippen molar-refractivity contribution in [3.63, 3.8) is 0 Å². The third-order valence-electron chi connectivity index (χ3n) is 5.48. The molecule has 0 spiro atoms. The maximum absolute atomic E-state index is 13.3. The minimum Gasteiger partial charge on any atom is -0.480 e. The fourth-order valence-electron chi connectivity index (χ4n) is 3.83. The molecule has 0 aliphatic heterocycles. The normalized spacial score (nSPS) is 13.3. The molecule has 2 N–H and O–H groups in total. The molecule has 2 unspecified atom stereocenters. The summed E-state index contributed by atoms with van der Waals surface area (Å²) in [6, 6.07) is 12.9. The molecule has 8 nitrogen and oxygen atoms in total. The Morgan fingerprint density at radius 1 is 1.08 bits per heavy atom. The first-order valence-corrected chi connectivity index (χ1v) is 13.1. The van der Waals surface area contributed by atoms with Gasteiger partial charge in [0.2, 0.25) is 11.8 Å². The lowest BCUT2D eigenvalue weighted by Crippen LogP contribution is -2.55. The highest BCUT2D eigenvalue weighted by Gasteiger charge is 2.41. The molecule has 0 aromatic heterocycles. The van der Waals surface area contributed by atoms with Crippen LogP contribution in [0.1, 0.15) is 32.8 Å². The molecule has 2 amide bonds. The number of aliphatic carboxylic acids is 1. The number of benzene rings is 2. The van der Waals surface area contributed by atoms with E-state index in [-0.39, 0.29) is 24.3 Å². The van der Waals surface area contributed by atoms with Crippen molar-refractivity contribution in [1.29, 1.82) is 0 Å². The lowest BCUT2D eigenvalue weighted by molar-refractivity contribution is -0.156. The van der Waals surface area contributed by atoms with Gasteiger partial charge in [0.1, 0.15) is 6.04 Å². The maximum Gasteiger partial charge on any atom is 0.326 e. The van der Waals surface area contributed by atoms with Crippen LogP contribution in [0.25, 0.3) is 0 Å². The molecular formula is C26H31ClN2O6S. The van der Waals surface area contributed by atoms with Gasteiger partial charge in [-0.15, -0.1) is 6.58 Å². The summed E-state index contributed by atoms with van der Waals surface area (Å²) in [6.45, 7) is 8.28. The van der Waals surface area contributed by atoms with Gasteiger partial charge in [-0.1, -0.05) is 68.8 Å². The van der Waals surface area contributed by atoms with E-state index >= 15 is 0 Å². The van der Waals surface area contributed by atoms with E-state index in [9.17, 15) is 27.9 Å². The van der Waals surface area contributed by atoms with Crippen LogP contribution in [0.3, 0.4) is 0 Å². The van der Waals surface area contributed by atoms with Crippen LogP contribution < -0.4 is 4.72 Å². The van der Waals surface area contributed by atoms with Gasteiger partial charge >= 0.3 is 5.97 Å². The third-order valence-corrected chi connectivity index (χ3v) is 7.09. The van der Waals surface area contributed by atoms with Crippen LogP contribution in [0.2, 0.25) is 5.02 Å². The number of hydrogen-bond acceptors (Lipinski definition) is 5. The lowest BCUT2D eigenvalue weighted by Gasteiger charge is -2.38. The second-order valence-corrected chi connectivity index (χ2v) is 11.6. The summed E-state index contributed by atoms with van der Waals surface area (Å²) in [5.41, 5.74) is -0.147. The lowest BCUT2D eigenvalue weighted by atomic mass is 9.84. The minimum absolute atomic E-state index is 0.0805. The number of amides is 2. The fourth-order valence-corrected chi connectivity index (χ4v) is 5.00. The van der Waals surface area contributed by atoms with E-state index in [1.54, 1.807) is 51.1 Å². The van der Waals surface area contributed by atoms with Crippen molar-refractivity contribution in [1.82, 2.24) is 9.62 Å².